The largest absolute Gasteiger partial charge is 0.454 e. The third-order valence-electron chi connectivity index (χ3n) is 2.19. The SMILES string of the molecule is NC(=S)c1ccc(Oc2cc(Cl)c(Cl)cc2Cl)cn1. The highest BCUT2D eigenvalue weighted by Crippen LogP contribution is 2.36. The van der Waals surface area contributed by atoms with Crippen LogP contribution in [0.4, 0.5) is 0 Å². The molecule has 0 saturated heterocycles. The molecule has 0 radical (unpaired) electrons. The van der Waals surface area contributed by atoms with Crippen molar-refractivity contribution >= 4 is 52.0 Å². The Balaban J connectivity index is 2.26. The van der Waals surface area contributed by atoms with Gasteiger partial charge in [0.05, 0.1) is 27.0 Å². The predicted octanol–water partition coefficient (Wildman–Crippen LogP) is 4.47. The van der Waals surface area contributed by atoms with Gasteiger partial charge in [-0.1, -0.05) is 47.0 Å². The molecule has 0 bridgehead atoms. The highest BCUT2D eigenvalue weighted by Gasteiger charge is 2.08. The Bertz CT molecular complexity index is 632. The summed E-state index contributed by atoms with van der Waals surface area (Å²) in [5, 5.41) is 1.07. The first-order chi connectivity index (χ1) is 8.97. The zero-order valence-electron chi connectivity index (χ0n) is 9.36. The van der Waals surface area contributed by atoms with Crippen LogP contribution in [0.3, 0.4) is 0 Å². The molecule has 19 heavy (non-hydrogen) atoms. The van der Waals surface area contributed by atoms with Crippen LogP contribution >= 0.6 is 47.0 Å². The number of thiocarbonyl (C=S) groups is 1. The van der Waals surface area contributed by atoms with Crippen molar-refractivity contribution < 1.29 is 4.74 Å². The first kappa shape index (κ1) is 14.3. The maximum absolute atomic E-state index is 6.00. The van der Waals surface area contributed by atoms with Crippen molar-refractivity contribution in [2.45, 2.75) is 0 Å². The molecule has 0 aliphatic carbocycles. The third kappa shape index (κ3) is 3.48. The molecule has 7 heteroatoms. The van der Waals surface area contributed by atoms with Crippen molar-refractivity contribution in [3.05, 3.63) is 51.2 Å². The molecule has 2 N–H and O–H groups in total. The van der Waals surface area contributed by atoms with Crippen molar-refractivity contribution in [2.75, 3.05) is 0 Å². The maximum atomic E-state index is 6.00. The minimum absolute atomic E-state index is 0.221. The number of nitrogens with two attached hydrogens (primary N) is 1. The Morgan fingerprint density at radius 1 is 1.11 bits per heavy atom. The summed E-state index contributed by atoms with van der Waals surface area (Å²) < 4.78 is 5.56. The average Bonchev–Trinajstić information content (AvgIpc) is 2.36. The number of hydrogen-bond acceptors (Lipinski definition) is 3. The van der Waals surface area contributed by atoms with Crippen LogP contribution in [0.5, 0.6) is 11.5 Å². The summed E-state index contributed by atoms with van der Waals surface area (Å²) in [7, 11) is 0. The third-order valence-corrected chi connectivity index (χ3v) is 3.42. The van der Waals surface area contributed by atoms with E-state index in [0.29, 0.717) is 32.3 Å². The van der Waals surface area contributed by atoms with E-state index >= 15 is 0 Å². The molecule has 0 fully saturated rings. The van der Waals surface area contributed by atoms with Gasteiger partial charge in [0.1, 0.15) is 16.5 Å². The van der Waals surface area contributed by atoms with Crippen molar-refractivity contribution in [3.8, 4) is 11.5 Å². The molecule has 1 aromatic heterocycles. The second-order valence-corrected chi connectivity index (χ2v) is 5.20. The fraction of sp³-hybridized carbons (Fsp3) is 0. The molecule has 3 nitrogen and oxygen atoms in total. The van der Waals surface area contributed by atoms with Crippen LogP contribution < -0.4 is 10.5 Å². The van der Waals surface area contributed by atoms with Crippen LogP contribution in [0.2, 0.25) is 15.1 Å². The lowest BCUT2D eigenvalue weighted by Gasteiger charge is -2.09. The minimum Gasteiger partial charge on any atom is -0.454 e. The standard InChI is InChI=1S/C12H7Cl3N2OS/c13-7-3-9(15)11(4-8(7)14)18-6-1-2-10(12(16)19)17-5-6/h1-5H,(H2,16,19). The summed E-state index contributed by atoms with van der Waals surface area (Å²) in [6, 6.07) is 6.38. The van der Waals surface area contributed by atoms with Gasteiger partial charge in [-0.15, -0.1) is 0 Å². The highest BCUT2D eigenvalue weighted by molar-refractivity contribution is 7.80. The van der Waals surface area contributed by atoms with E-state index in [0.717, 1.165) is 0 Å². The number of aromatic nitrogens is 1. The molecule has 0 aliphatic heterocycles. The summed E-state index contributed by atoms with van der Waals surface area (Å²) in [5.41, 5.74) is 5.97. The number of halogens is 3. The van der Waals surface area contributed by atoms with Gasteiger partial charge in [0.2, 0.25) is 0 Å². The second kappa shape index (κ2) is 5.92. The fourth-order valence-corrected chi connectivity index (χ4v) is 1.99. The van der Waals surface area contributed by atoms with Crippen molar-refractivity contribution in [1.29, 1.82) is 0 Å². The summed E-state index contributed by atoms with van der Waals surface area (Å²) in [6.07, 6.45) is 1.49. The van der Waals surface area contributed by atoms with Gasteiger partial charge < -0.3 is 10.5 Å². The Kier molecular flexibility index (Phi) is 4.47. The number of benzene rings is 1. The van der Waals surface area contributed by atoms with Crippen LogP contribution in [0.25, 0.3) is 0 Å². The van der Waals surface area contributed by atoms with Gasteiger partial charge in [-0.05, 0) is 18.2 Å². The number of ether oxygens (including phenoxy) is 1. The number of hydrogen-bond donors (Lipinski definition) is 1. The van der Waals surface area contributed by atoms with E-state index in [-0.39, 0.29) is 4.99 Å². The van der Waals surface area contributed by atoms with Gasteiger partial charge in [-0.25, -0.2) is 4.98 Å². The Labute approximate surface area is 130 Å². The predicted molar refractivity (Wildman–Crippen MR) is 81.7 cm³/mol. The molecular formula is C12H7Cl3N2OS. The van der Waals surface area contributed by atoms with Gasteiger partial charge in [0.25, 0.3) is 0 Å². The van der Waals surface area contributed by atoms with Crippen LogP contribution in [0, 0.1) is 0 Å². The monoisotopic (exact) mass is 332 g/mol. The lowest BCUT2D eigenvalue weighted by atomic mass is 10.3. The highest BCUT2D eigenvalue weighted by atomic mass is 35.5. The molecule has 2 aromatic rings. The van der Waals surface area contributed by atoms with Crippen molar-refractivity contribution in [1.82, 2.24) is 4.98 Å². The fourth-order valence-electron chi connectivity index (χ4n) is 1.30. The van der Waals surface area contributed by atoms with Crippen molar-refractivity contribution in [2.24, 2.45) is 5.73 Å². The van der Waals surface area contributed by atoms with E-state index in [1.807, 2.05) is 0 Å². The topological polar surface area (TPSA) is 48.1 Å². The second-order valence-electron chi connectivity index (χ2n) is 3.54. The van der Waals surface area contributed by atoms with E-state index in [2.05, 4.69) is 4.98 Å². The molecule has 0 saturated carbocycles. The Morgan fingerprint density at radius 3 is 2.37 bits per heavy atom. The zero-order chi connectivity index (χ0) is 14.0. The minimum atomic E-state index is 0.221. The molecule has 0 unspecified atom stereocenters. The first-order valence-electron chi connectivity index (χ1n) is 5.05. The van der Waals surface area contributed by atoms with Gasteiger partial charge in [0.15, 0.2) is 0 Å². The average molecular weight is 334 g/mol. The van der Waals surface area contributed by atoms with Crippen molar-refractivity contribution in [3.63, 3.8) is 0 Å². The van der Waals surface area contributed by atoms with Crippen LogP contribution in [0.15, 0.2) is 30.5 Å². The summed E-state index contributed by atoms with van der Waals surface area (Å²) in [4.78, 5) is 4.27. The molecule has 98 valence electrons. The molecule has 0 spiro atoms. The summed E-state index contributed by atoms with van der Waals surface area (Å²) in [6.45, 7) is 0. The van der Waals surface area contributed by atoms with E-state index in [1.54, 1.807) is 12.1 Å². The zero-order valence-corrected chi connectivity index (χ0v) is 12.4. The molecule has 0 atom stereocenters. The maximum Gasteiger partial charge on any atom is 0.147 e. The summed E-state index contributed by atoms with van der Waals surface area (Å²) in [5.74, 6) is 0.876. The van der Waals surface area contributed by atoms with Gasteiger partial charge in [-0.2, -0.15) is 0 Å². The Morgan fingerprint density at radius 2 is 1.79 bits per heavy atom. The van der Waals surface area contributed by atoms with Crippen LogP contribution in [0.1, 0.15) is 5.69 Å². The number of rotatable bonds is 3. The van der Waals surface area contributed by atoms with Gasteiger partial charge >= 0.3 is 0 Å². The summed E-state index contributed by atoms with van der Waals surface area (Å²) >= 11 is 22.5. The number of pyridine rings is 1. The number of nitrogens with zero attached hydrogens (tertiary/aromatic N) is 1. The normalized spacial score (nSPS) is 10.3. The van der Waals surface area contributed by atoms with Gasteiger partial charge in [-0.3, -0.25) is 0 Å². The smallest absolute Gasteiger partial charge is 0.147 e. The molecule has 2 rings (SSSR count). The molecule has 0 amide bonds. The quantitative estimate of drug-likeness (QED) is 0.665. The van der Waals surface area contributed by atoms with Gasteiger partial charge in [0, 0.05) is 6.07 Å². The molecule has 1 heterocycles. The van der Waals surface area contributed by atoms with Crippen LogP contribution in [-0.4, -0.2) is 9.97 Å². The lowest BCUT2D eigenvalue weighted by Crippen LogP contribution is -2.10. The van der Waals surface area contributed by atoms with E-state index < -0.39 is 0 Å². The van der Waals surface area contributed by atoms with Crippen LogP contribution in [-0.2, 0) is 0 Å². The first-order valence-corrected chi connectivity index (χ1v) is 6.60. The van der Waals surface area contributed by atoms with E-state index in [9.17, 15) is 0 Å². The Hall–Kier alpha value is -1.07. The van der Waals surface area contributed by atoms with E-state index in [1.165, 1.54) is 18.3 Å². The molecular weight excluding hydrogens is 327 g/mol. The lowest BCUT2D eigenvalue weighted by molar-refractivity contribution is 0.480. The van der Waals surface area contributed by atoms with E-state index in [4.69, 9.17) is 57.5 Å². The molecule has 0 aliphatic rings. The molecule has 1 aromatic carbocycles.